The maximum atomic E-state index is 5.91. The van der Waals surface area contributed by atoms with Crippen molar-refractivity contribution < 1.29 is 4.74 Å². The number of nitrogens with one attached hydrogen (secondary N) is 1. The molecule has 0 bridgehead atoms. The lowest BCUT2D eigenvalue weighted by Crippen LogP contribution is -2.32. The molecule has 0 saturated carbocycles. The summed E-state index contributed by atoms with van der Waals surface area (Å²) in [4.78, 5) is 10.9. The van der Waals surface area contributed by atoms with Crippen molar-refractivity contribution in [1.29, 1.82) is 0 Å². The van der Waals surface area contributed by atoms with E-state index in [9.17, 15) is 0 Å². The maximum Gasteiger partial charge on any atom is 0.213 e. The summed E-state index contributed by atoms with van der Waals surface area (Å²) in [6.07, 6.45) is 6.01. The molecule has 3 N–H and O–H groups in total. The highest BCUT2D eigenvalue weighted by Gasteiger charge is 2.17. The Kier molecular flexibility index (Phi) is 5.58. The zero-order chi connectivity index (χ0) is 19.3. The van der Waals surface area contributed by atoms with Gasteiger partial charge in [0, 0.05) is 36.1 Å². The van der Waals surface area contributed by atoms with Crippen molar-refractivity contribution in [2.24, 2.45) is 5.92 Å². The SMILES string of the molecule is CN1CCC(COc2ccc(CNc3ccc4c(N)nccc4c3)cn2)CC1. The van der Waals surface area contributed by atoms with E-state index in [0.717, 1.165) is 41.7 Å². The third kappa shape index (κ3) is 4.51. The van der Waals surface area contributed by atoms with E-state index in [2.05, 4.69) is 39.4 Å². The molecule has 28 heavy (non-hydrogen) atoms. The number of rotatable bonds is 6. The average Bonchev–Trinajstić information content (AvgIpc) is 2.73. The van der Waals surface area contributed by atoms with Gasteiger partial charge in [-0.3, -0.25) is 0 Å². The van der Waals surface area contributed by atoms with Crippen LogP contribution in [0.1, 0.15) is 18.4 Å². The maximum absolute atomic E-state index is 5.91. The van der Waals surface area contributed by atoms with Gasteiger partial charge >= 0.3 is 0 Å². The van der Waals surface area contributed by atoms with Crippen molar-refractivity contribution >= 4 is 22.3 Å². The van der Waals surface area contributed by atoms with E-state index < -0.39 is 0 Å². The monoisotopic (exact) mass is 377 g/mol. The predicted molar refractivity (Wildman–Crippen MR) is 113 cm³/mol. The highest BCUT2D eigenvalue weighted by molar-refractivity contribution is 5.92. The van der Waals surface area contributed by atoms with Crippen molar-refractivity contribution in [3.63, 3.8) is 0 Å². The van der Waals surface area contributed by atoms with E-state index in [-0.39, 0.29) is 0 Å². The molecule has 0 amide bonds. The molecule has 0 spiro atoms. The zero-order valence-electron chi connectivity index (χ0n) is 16.3. The molecule has 3 heterocycles. The van der Waals surface area contributed by atoms with E-state index in [0.29, 0.717) is 24.2 Å². The van der Waals surface area contributed by atoms with Crippen LogP contribution in [-0.2, 0) is 6.54 Å². The number of nitrogens with two attached hydrogens (primary N) is 1. The van der Waals surface area contributed by atoms with Gasteiger partial charge in [0.1, 0.15) is 5.82 Å². The minimum absolute atomic E-state index is 0.559. The number of pyridine rings is 2. The summed E-state index contributed by atoms with van der Waals surface area (Å²) in [5.74, 6) is 1.90. The lowest BCUT2D eigenvalue weighted by Gasteiger charge is -2.28. The number of benzene rings is 1. The van der Waals surface area contributed by atoms with E-state index in [1.807, 2.05) is 30.5 Å². The van der Waals surface area contributed by atoms with Crippen LogP contribution in [0.2, 0.25) is 0 Å². The molecule has 3 aromatic rings. The topological polar surface area (TPSA) is 76.3 Å². The van der Waals surface area contributed by atoms with Crippen LogP contribution in [0.5, 0.6) is 5.88 Å². The molecular formula is C22H27N5O. The fourth-order valence-electron chi connectivity index (χ4n) is 3.55. The van der Waals surface area contributed by atoms with Crippen molar-refractivity contribution in [1.82, 2.24) is 14.9 Å². The Morgan fingerprint density at radius 1 is 1.14 bits per heavy atom. The summed E-state index contributed by atoms with van der Waals surface area (Å²) in [7, 11) is 2.18. The number of nitrogens with zero attached hydrogens (tertiary/aromatic N) is 3. The van der Waals surface area contributed by atoms with E-state index in [4.69, 9.17) is 10.5 Å². The lowest BCUT2D eigenvalue weighted by atomic mass is 9.98. The normalized spacial score (nSPS) is 15.6. The molecule has 1 saturated heterocycles. The molecule has 1 aliphatic rings. The fourth-order valence-corrected chi connectivity index (χ4v) is 3.55. The Hall–Kier alpha value is -2.86. The minimum atomic E-state index is 0.559. The molecule has 1 aliphatic heterocycles. The third-order valence-corrected chi connectivity index (χ3v) is 5.39. The molecule has 0 unspecified atom stereocenters. The standard InChI is InChI=1S/C22H27N5O/c1-27-10-7-16(8-11-27)15-28-21-5-2-17(14-26-21)13-25-19-3-4-20-18(12-19)6-9-24-22(20)23/h2-6,9,12,14,16,25H,7-8,10-11,13,15H2,1H3,(H2,23,24). The number of nitrogen functional groups attached to an aromatic ring is 1. The number of ether oxygens (including phenoxy) is 1. The van der Waals surface area contributed by atoms with Crippen molar-refractivity contribution in [2.75, 3.05) is 37.8 Å². The molecule has 6 heteroatoms. The van der Waals surface area contributed by atoms with Crippen LogP contribution in [0.25, 0.3) is 10.8 Å². The lowest BCUT2D eigenvalue weighted by molar-refractivity contribution is 0.157. The summed E-state index contributed by atoms with van der Waals surface area (Å²) < 4.78 is 5.89. The Balaban J connectivity index is 1.30. The quantitative estimate of drug-likeness (QED) is 0.684. The molecule has 0 atom stereocenters. The zero-order valence-corrected chi connectivity index (χ0v) is 16.3. The summed E-state index contributed by atoms with van der Waals surface area (Å²) >= 11 is 0. The molecule has 2 aromatic heterocycles. The fraction of sp³-hybridized carbons (Fsp3) is 0.364. The molecule has 0 radical (unpaired) electrons. The van der Waals surface area contributed by atoms with Crippen LogP contribution in [0, 0.1) is 5.92 Å². The second kappa shape index (κ2) is 8.44. The van der Waals surface area contributed by atoms with Crippen LogP contribution >= 0.6 is 0 Å². The van der Waals surface area contributed by atoms with Crippen LogP contribution in [-0.4, -0.2) is 41.6 Å². The van der Waals surface area contributed by atoms with Gasteiger partial charge in [0.2, 0.25) is 5.88 Å². The molecular weight excluding hydrogens is 350 g/mol. The van der Waals surface area contributed by atoms with Gasteiger partial charge in [-0.1, -0.05) is 6.07 Å². The Morgan fingerprint density at radius 2 is 2.00 bits per heavy atom. The minimum Gasteiger partial charge on any atom is -0.477 e. The molecule has 4 rings (SSSR count). The van der Waals surface area contributed by atoms with Gasteiger partial charge in [0.15, 0.2) is 0 Å². The van der Waals surface area contributed by atoms with Gasteiger partial charge in [0.05, 0.1) is 6.61 Å². The number of hydrogen-bond acceptors (Lipinski definition) is 6. The van der Waals surface area contributed by atoms with Crippen LogP contribution in [0.3, 0.4) is 0 Å². The van der Waals surface area contributed by atoms with E-state index >= 15 is 0 Å². The van der Waals surface area contributed by atoms with Gasteiger partial charge in [-0.15, -0.1) is 0 Å². The number of piperidine rings is 1. The van der Waals surface area contributed by atoms with Gasteiger partial charge in [-0.25, -0.2) is 9.97 Å². The van der Waals surface area contributed by atoms with Gasteiger partial charge in [-0.2, -0.15) is 0 Å². The Labute approximate surface area is 165 Å². The van der Waals surface area contributed by atoms with E-state index in [1.54, 1.807) is 6.20 Å². The van der Waals surface area contributed by atoms with Gasteiger partial charge < -0.3 is 20.7 Å². The van der Waals surface area contributed by atoms with Crippen molar-refractivity contribution in [2.45, 2.75) is 19.4 Å². The molecule has 146 valence electrons. The first-order valence-electron chi connectivity index (χ1n) is 9.82. The number of aromatic nitrogens is 2. The first kappa shape index (κ1) is 18.5. The number of likely N-dealkylation sites (tertiary alicyclic amines) is 1. The third-order valence-electron chi connectivity index (χ3n) is 5.39. The summed E-state index contributed by atoms with van der Waals surface area (Å²) in [6, 6.07) is 12.1. The summed E-state index contributed by atoms with van der Waals surface area (Å²) in [5.41, 5.74) is 8.06. The first-order chi connectivity index (χ1) is 13.7. The second-order valence-corrected chi connectivity index (χ2v) is 7.55. The number of anilines is 2. The van der Waals surface area contributed by atoms with Gasteiger partial charge in [-0.05, 0) is 74.1 Å². The van der Waals surface area contributed by atoms with Crippen LogP contribution in [0.15, 0.2) is 48.8 Å². The highest BCUT2D eigenvalue weighted by atomic mass is 16.5. The summed E-state index contributed by atoms with van der Waals surface area (Å²) in [5, 5.41) is 5.48. The largest absolute Gasteiger partial charge is 0.477 e. The average molecular weight is 377 g/mol. The molecule has 1 fully saturated rings. The first-order valence-corrected chi connectivity index (χ1v) is 9.82. The van der Waals surface area contributed by atoms with Gasteiger partial charge in [0.25, 0.3) is 0 Å². The van der Waals surface area contributed by atoms with Crippen molar-refractivity contribution in [3.05, 3.63) is 54.4 Å². The predicted octanol–water partition coefficient (Wildman–Crippen LogP) is 3.54. The molecule has 6 nitrogen and oxygen atoms in total. The van der Waals surface area contributed by atoms with E-state index in [1.165, 1.54) is 12.8 Å². The van der Waals surface area contributed by atoms with Crippen LogP contribution < -0.4 is 15.8 Å². The summed E-state index contributed by atoms with van der Waals surface area (Å²) in [6.45, 7) is 3.77. The Morgan fingerprint density at radius 3 is 2.79 bits per heavy atom. The molecule has 0 aliphatic carbocycles. The molecule has 1 aromatic carbocycles. The van der Waals surface area contributed by atoms with Crippen LogP contribution in [0.4, 0.5) is 11.5 Å². The highest BCUT2D eigenvalue weighted by Crippen LogP contribution is 2.23. The van der Waals surface area contributed by atoms with Crippen molar-refractivity contribution in [3.8, 4) is 5.88 Å². The smallest absolute Gasteiger partial charge is 0.213 e. The second-order valence-electron chi connectivity index (χ2n) is 7.55. The number of hydrogen-bond donors (Lipinski definition) is 2. The number of fused-ring (bicyclic) bond motifs is 1. The Bertz CT molecular complexity index is 920.